The maximum Gasteiger partial charge on any atom is 0.164 e. The fourth-order valence-corrected chi connectivity index (χ4v) is 6.22. The number of ether oxygens (including phenoxy) is 1. The van der Waals surface area contributed by atoms with E-state index in [9.17, 15) is 0 Å². The molecule has 4 heteroatoms. The molecule has 206 valence electrons. The van der Waals surface area contributed by atoms with Gasteiger partial charge in [0, 0.05) is 34.1 Å². The molecular weight excluding hydrogens is 526 g/mol. The Balaban J connectivity index is 1.28. The molecule has 3 aliphatic rings. The van der Waals surface area contributed by atoms with Gasteiger partial charge in [0.2, 0.25) is 0 Å². The summed E-state index contributed by atoms with van der Waals surface area (Å²) in [5.41, 5.74) is 7.69. The summed E-state index contributed by atoms with van der Waals surface area (Å²) in [5.74, 6) is 3.24. The number of aromatic nitrogens is 3. The normalized spacial score (nSPS) is 19.6. The molecule has 0 bridgehead atoms. The maximum atomic E-state index is 6.71. The average molecular weight is 556 g/mol. The molecule has 8 rings (SSSR count). The highest BCUT2D eigenvalue weighted by atomic mass is 16.5. The Hall–Kier alpha value is -5.35. The highest BCUT2D eigenvalue weighted by molar-refractivity contribution is 5.82. The third-order valence-electron chi connectivity index (χ3n) is 8.41. The van der Waals surface area contributed by atoms with Gasteiger partial charge < -0.3 is 4.74 Å². The number of hydrogen-bond acceptors (Lipinski definition) is 4. The molecule has 4 nitrogen and oxygen atoms in total. The van der Waals surface area contributed by atoms with E-state index in [1.54, 1.807) is 0 Å². The number of hydrogen-bond donors (Lipinski definition) is 0. The minimum Gasteiger partial charge on any atom is -0.484 e. The molecule has 0 spiro atoms. The second kappa shape index (κ2) is 10.8. The molecule has 5 aromatic rings. The van der Waals surface area contributed by atoms with Gasteiger partial charge >= 0.3 is 0 Å². The van der Waals surface area contributed by atoms with Gasteiger partial charge in [0.15, 0.2) is 11.6 Å². The fraction of sp³-hybridized carbons (Fsp3) is 0.103. The second-order valence-corrected chi connectivity index (χ2v) is 11.1. The zero-order chi connectivity index (χ0) is 28.6. The molecule has 0 saturated carbocycles. The van der Waals surface area contributed by atoms with Crippen molar-refractivity contribution in [3.8, 4) is 50.8 Å². The summed E-state index contributed by atoms with van der Waals surface area (Å²) in [6.45, 7) is 0. The second-order valence-electron chi connectivity index (χ2n) is 11.1. The minimum atomic E-state index is -0.0650. The minimum absolute atomic E-state index is 0.0650. The summed E-state index contributed by atoms with van der Waals surface area (Å²) in [7, 11) is 0. The summed E-state index contributed by atoms with van der Waals surface area (Å²) in [4.78, 5) is 15.1. The molecule has 0 saturated heterocycles. The van der Waals surface area contributed by atoms with Gasteiger partial charge in [-0.25, -0.2) is 15.0 Å². The molecule has 0 amide bonds. The van der Waals surface area contributed by atoms with Gasteiger partial charge in [-0.15, -0.1) is 0 Å². The first-order valence-electron chi connectivity index (χ1n) is 14.8. The van der Waals surface area contributed by atoms with Gasteiger partial charge in [-0.3, -0.25) is 0 Å². The van der Waals surface area contributed by atoms with Gasteiger partial charge in [0.1, 0.15) is 17.7 Å². The van der Waals surface area contributed by atoms with E-state index in [-0.39, 0.29) is 17.9 Å². The molecular formula is C39H29N3O. The van der Waals surface area contributed by atoms with Crippen molar-refractivity contribution in [1.29, 1.82) is 0 Å². The summed E-state index contributed by atoms with van der Waals surface area (Å²) in [6, 6.07) is 33.7. The number of fused-ring (bicyclic) bond motifs is 3. The first-order chi connectivity index (χ1) is 21.3. The molecule has 3 atom stereocenters. The average Bonchev–Trinajstić information content (AvgIpc) is 3.49. The predicted octanol–water partition coefficient (Wildman–Crippen LogP) is 9.11. The number of benzene rings is 4. The van der Waals surface area contributed by atoms with Crippen molar-refractivity contribution in [3.63, 3.8) is 0 Å². The summed E-state index contributed by atoms with van der Waals surface area (Å²) in [5, 5.41) is 0. The van der Waals surface area contributed by atoms with Gasteiger partial charge in [0.25, 0.3) is 0 Å². The molecule has 1 aromatic heterocycles. The van der Waals surface area contributed by atoms with Crippen LogP contribution in [0, 0.1) is 0 Å². The van der Waals surface area contributed by atoms with Crippen molar-refractivity contribution in [2.45, 2.75) is 24.4 Å². The highest BCUT2D eigenvalue weighted by Crippen LogP contribution is 2.50. The molecule has 1 aliphatic heterocycles. The quantitative estimate of drug-likeness (QED) is 0.217. The number of allylic oxidation sites excluding steroid dienone is 6. The summed E-state index contributed by atoms with van der Waals surface area (Å²) >= 11 is 0. The van der Waals surface area contributed by atoms with Gasteiger partial charge in [-0.1, -0.05) is 127 Å². The molecule has 2 aliphatic carbocycles. The first-order valence-corrected chi connectivity index (χ1v) is 14.8. The molecule has 0 radical (unpaired) electrons. The van der Waals surface area contributed by atoms with Gasteiger partial charge in [-0.05, 0) is 41.3 Å². The molecule has 4 aromatic carbocycles. The molecule has 2 heterocycles. The SMILES string of the molecule is C1=CC[C@@H](c2nc(-c3ccccc3)nc(-c3ccc(-c4ccc(-c5ccccc5)cc4)c4c3C3C=CC=CC3O4)n2)C=C1. The van der Waals surface area contributed by atoms with E-state index >= 15 is 0 Å². The van der Waals surface area contributed by atoms with Crippen molar-refractivity contribution in [2.75, 3.05) is 0 Å². The van der Waals surface area contributed by atoms with Crippen LogP contribution >= 0.6 is 0 Å². The first kappa shape index (κ1) is 25.4. The lowest BCUT2D eigenvalue weighted by Crippen LogP contribution is -2.16. The van der Waals surface area contributed by atoms with E-state index in [4.69, 9.17) is 19.7 Å². The Morgan fingerprint density at radius 2 is 1.19 bits per heavy atom. The lowest BCUT2D eigenvalue weighted by Gasteiger charge is -2.18. The van der Waals surface area contributed by atoms with Crippen LogP contribution in [-0.2, 0) is 0 Å². The largest absolute Gasteiger partial charge is 0.484 e. The van der Waals surface area contributed by atoms with E-state index in [1.165, 1.54) is 11.1 Å². The van der Waals surface area contributed by atoms with Crippen LogP contribution in [0.5, 0.6) is 5.75 Å². The van der Waals surface area contributed by atoms with Gasteiger partial charge in [0.05, 0.1) is 0 Å². The zero-order valence-electron chi connectivity index (χ0n) is 23.5. The van der Waals surface area contributed by atoms with Crippen LogP contribution < -0.4 is 4.74 Å². The van der Waals surface area contributed by atoms with Crippen LogP contribution in [0.1, 0.15) is 29.6 Å². The van der Waals surface area contributed by atoms with Crippen LogP contribution in [0.15, 0.2) is 146 Å². The van der Waals surface area contributed by atoms with Crippen LogP contribution in [0.4, 0.5) is 0 Å². The standard InChI is InChI=1S/C39H29N3O/c1-4-12-26(13-5-1)27-20-22-28(23-21-27)31-24-25-33(35-32-18-10-11-19-34(32)43-36(31)35)39-41-37(29-14-6-2-7-15-29)40-38(42-39)30-16-8-3-9-17-30/h1-16,18-25,30,32,34H,17H2/t30-,32?,34?/m0/s1. The molecule has 2 unspecified atom stereocenters. The fourth-order valence-electron chi connectivity index (χ4n) is 6.22. The number of rotatable bonds is 5. The molecule has 0 N–H and O–H groups in total. The smallest absolute Gasteiger partial charge is 0.164 e. The van der Waals surface area contributed by atoms with E-state index in [2.05, 4.69) is 121 Å². The van der Waals surface area contributed by atoms with Crippen LogP contribution in [0.2, 0.25) is 0 Å². The maximum absolute atomic E-state index is 6.71. The summed E-state index contributed by atoms with van der Waals surface area (Å²) in [6.07, 6.45) is 17.9. The monoisotopic (exact) mass is 555 g/mol. The van der Waals surface area contributed by atoms with Crippen LogP contribution in [-0.4, -0.2) is 21.1 Å². The van der Waals surface area contributed by atoms with Crippen molar-refractivity contribution in [3.05, 3.63) is 157 Å². The van der Waals surface area contributed by atoms with Crippen LogP contribution in [0.3, 0.4) is 0 Å². The van der Waals surface area contributed by atoms with E-state index in [0.717, 1.165) is 45.8 Å². The lowest BCUT2D eigenvalue weighted by molar-refractivity contribution is 0.270. The zero-order valence-corrected chi connectivity index (χ0v) is 23.5. The van der Waals surface area contributed by atoms with Crippen LogP contribution in [0.25, 0.3) is 45.0 Å². The highest BCUT2D eigenvalue weighted by Gasteiger charge is 2.37. The van der Waals surface area contributed by atoms with E-state index < -0.39 is 0 Å². The molecule has 43 heavy (non-hydrogen) atoms. The third kappa shape index (κ3) is 4.71. The topological polar surface area (TPSA) is 47.9 Å². The van der Waals surface area contributed by atoms with E-state index in [1.807, 2.05) is 24.3 Å². The van der Waals surface area contributed by atoms with Crippen molar-refractivity contribution < 1.29 is 4.74 Å². The van der Waals surface area contributed by atoms with Crippen molar-refractivity contribution in [2.24, 2.45) is 0 Å². The Morgan fingerprint density at radius 3 is 1.95 bits per heavy atom. The van der Waals surface area contributed by atoms with E-state index in [0.29, 0.717) is 11.6 Å². The Labute approximate surface area is 251 Å². The molecule has 0 fully saturated rings. The Morgan fingerprint density at radius 1 is 0.535 bits per heavy atom. The predicted molar refractivity (Wildman–Crippen MR) is 173 cm³/mol. The number of nitrogens with zero attached hydrogens (tertiary/aromatic N) is 3. The van der Waals surface area contributed by atoms with Crippen molar-refractivity contribution in [1.82, 2.24) is 15.0 Å². The Kier molecular flexibility index (Phi) is 6.38. The van der Waals surface area contributed by atoms with Gasteiger partial charge in [-0.2, -0.15) is 0 Å². The summed E-state index contributed by atoms with van der Waals surface area (Å²) < 4.78 is 6.71. The van der Waals surface area contributed by atoms with Crippen molar-refractivity contribution >= 4 is 0 Å². The Bertz CT molecular complexity index is 1920. The third-order valence-corrected chi connectivity index (χ3v) is 8.41. The lowest BCUT2D eigenvalue weighted by atomic mass is 9.86.